The minimum Gasteiger partial charge on any atom is -0.383 e. The maximum Gasteiger partial charge on any atom is 0.293 e. The molecule has 0 bridgehead atoms. The first kappa shape index (κ1) is 16.2. The van der Waals surface area contributed by atoms with Crippen LogP contribution in [0.1, 0.15) is 6.92 Å². The number of benzene rings is 1. The van der Waals surface area contributed by atoms with Crippen LogP contribution in [-0.2, 0) is 9.53 Å². The lowest BCUT2D eigenvalue weighted by molar-refractivity contribution is -0.384. The van der Waals surface area contributed by atoms with Crippen LogP contribution in [0.3, 0.4) is 0 Å². The van der Waals surface area contributed by atoms with Gasteiger partial charge >= 0.3 is 0 Å². The third-order valence-corrected chi connectivity index (χ3v) is 2.86. The lowest BCUT2D eigenvalue weighted by atomic mass is 10.2. The first-order chi connectivity index (χ1) is 9.47. The van der Waals surface area contributed by atoms with Gasteiger partial charge in [0.2, 0.25) is 5.91 Å². The topological polar surface area (TPSA) is 93.5 Å². The SMILES string of the molecule is COCCNC(=O)C(C)Nc1c(Cl)cccc1[N+](=O)[O-]. The molecule has 1 aromatic rings. The molecule has 0 aliphatic carbocycles. The molecular weight excluding hydrogens is 286 g/mol. The van der Waals surface area contributed by atoms with E-state index in [1.807, 2.05) is 0 Å². The summed E-state index contributed by atoms with van der Waals surface area (Å²) in [4.78, 5) is 22.1. The van der Waals surface area contributed by atoms with E-state index in [2.05, 4.69) is 10.6 Å². The van der Waals surface area contributed by atoms with Crippen molar-refractivity contribution in [3.05, 3.63) is 33.3 Å². The maximum absolute atomic E-state index is 11.8. The fourth-order valence-corrected chi connectivity index (χ4v) is 1.74. The third-order valence-electron chi connectivity index (χ3n) is 2.55. The Kier molecular flexibility index (Phi) is 6.20. The molecule has 2 N–H and O–H groups in total. The molecule has 1 amide bonds. The van der Waals surface area contributed by atoms with Crippen LogP contribution in [0.5, 0.6) is 0 Å². The number of hydrogen-bond acceptors (Lipinski definition) is 5. The van der Waals surface area contributed by atoms with Gasteiger partial charge < -0.3 is 15.4 Å². The van der Waals surface area contributed by atoms with E-state index >= 15 is 0 Å². The fraction of sp³-hybridized carbons (Fsp3) is 0.417. The summed E-state index contributed by atoms with van der Waals surface area (Å²) in [5.74, 6) is -0.295. The number of nitrogens with zero attached hydrogens (tertiary/aromatic N) is 1. The number of amides is 1. The average molecular weight is 302 g/mol. The van der Waals surface area contributed by atoms with Crippen molar-refractivity contribution in [1.82, 2.24) is 5.32 Å². The van der Waals surface area contributed by atoms with Gasteiger partial charge in [-0.15, -0.1) is 0 Å². The number of hydrogen-bond donors (Lipinski definition) is 2. The lowest BCUT2D eigenvalue weighted by Gasteiger charge is -2.16. The van der Waals surface area contributed by atoms with Crippen molar-refractivity contribution < 1.29 is 14.5 Å². The quantitative estimate of drug-likeness (QED) is 0.455. The molecule has 0 fully saturated rings. The number of methoxy groups -OCH3 is 1. The molecule has 0 aliphatic heterocycles. The maximum atomic E-state index is 11.8. The van der Waals surface area contributed by atoms with Crippen LogP contribution in [-0.4, -0.2) is 37.1 Å². The number of nitro groups is 1. The van der Waals surface area contributed by atoms with Crippen molar-refractivity contribution in [2.75, 3.05) is 25.6 Å². The molecule has 7 nitrogen and oxygen atoms in total. The summed E-state index contributed by atoms with van der Waals surface area (Å²) >= 11 is 5.93. The van der Waals surface area contributed by atoms with Gasteiger partial charge in [0.15, 0.2) is 0 Å². The molecule has 0 heterocycles. The summed E-state index contributed by atoms with van der Waals surface area (Å²) in [5, 5.41) is 16.5. The molecule has 8 heteroatoms. The highest BCUT2D eigenvalue weighted by molar-refractivity contribution is 6.33. The number of halogens is 1. The van der Waals surface area contributed by atoms with Crippen molar-refractivity contribution in [1.29, 1.82) is 0 Å². The highest BCUT2D eigenvalue weighted by Gasteiger charge is 2.21. The number of nitro benzene ring substituents is 1. The normalized spacial score (nSPS) is 11.8. The van der Waals surface area contributed by atoms with Gasteiger partial charge in [0.1, 0.15) is 11.7 Å². The van der Waals surface area contributed by atoms with Gasteiger partial charge in [0.25, 0.3) is 5.69 Å². The molecule has 110 valence electrons. The van der Waals surface area contributed by atoms with Gasteiger partial charge in [0.05, 0.1) is 16.6 Å². The van der Waals surface area contributed by atoms with E-state index in [1.165, 1.54) is 25.3 Å². The molecule has 1 unspecified atom stereocenters. The predicted octanol–water partition coefficient (Wildman–Crippen LogP) is 1.81. The van der Waals surface area contributed by atoms with Crippen LogP contribution in [0.25, 0.3) is 0 Å². The van der Waals surface area contributed by atoms with E-state index in [4.69, 9.17) is 16.3 Å². The van der Waals surface area contributed by atoms with Crippen LogP contribution in [0.2, 0.25) is 5.02 Å². The summed E-state index contributed by atoms with van der Waals surface area (Å²) in [5.41, 5.74) is -0.0393. The summed E-state index contributed by atoms with van der Waals surface area (Å²) in [6.07, 6.45) is 0. The zero-order valence-corrected chi connectivity index (χ0v) is 11.9. The summed E-state index contributed by atoms with van der Waals surface area (Å²) in [6, 6.07) is 3.66. The van der Waals surface area contributed by atoms with Crippen LogP contribution >= 0.6 is 11.6 Å². The van der Waals surface area contributed by atoms with Gasteiger partial charge in [-0.1, -0.05) is 17.7 Å². The first-order valence-electron chi connectivity index (χ1n) is 5.93. The highest BCUT2D eigenvalue weighted by atomic mass is 35.5. The molecule has 1 atom stereocenters. The van der Waals surface area contributed by atoms with E-state index < -0.39 is 11.0 Å². The zero-order valence-electron chi connectivity index (χ0n) is 11.2. The summed E-state index contributed by atoms with van der Waals surface area (Å²) < 4.78 is 4.81. The van der Waals surface area contributed by atoms with Crippen molar-refractivity contribution in [2.24, 2.45) is 0 Å². The number of rotatable bonds is 7. The Morgan fingerprint density at radius 3 is 2.85 bits per heavy atom. The smallest absolute Gasteiger partial charge is 0.293 e. The Bertz CT molecular complexity index is 496. The second-order valence-corrected chi connectivity index (χ2v) is 4.45. The van der Waals surface area contributed by atoms with Crippen LogP contribution in [0, 0.1) is 10.1 Å². The Hall–Kier alpha value is -1.86. The van der Waals surface area contributed by atoms with E-state index in [9.17, 15) is 14.9 Å². The Morgan fingerprint density at radius 2 is 2.25 bits per heavy atom. The van der Waals surface area contributed by atoms with Crippen molar-refractivity contribution in [2.45, 2.75) is 13.0 Å². The molecule has 0 aliphatic rings. The number of carbonyl (C=O) groups is 1. The van der Waals surface area contributed by atoms with Crippen LogP contribution < -0.4 is 10.6 Å². The summed E-state index contributed by atoms with van der Waals surface area (Å²) in [7, 11) is 1.53. The first-order valence-corrected chi connectivity index (χ1v) is 6.31. The second kappa shape index (κ2) is 7.66. The van der Waals surface area contributed by atoms with Crippen LogP contribution in [0.15, 0.2) is 18.2 Å². The van der Waals surface area contributed by atoms with Gasteiger partial charge in [-0.05, 0) is 13.0 Å². The zero-order chi connectivity index (χ0) is 15.1. The predicted molar refractivity (Wildman–Crippen MR) is 76.1 cm³/mol. The molecular formula is C12H16ClN3O4. The molecule has 1 aromatic carbocycles. The summed E-state index contributed by atoms with van der Waals surface area (Å²) in [6.45, 7) is 2.35. The monoisotopic (exact) mass is 301 g/mol. The van der Waals surface area contributed by atoms with Crippen molar-refractivity contribution in [3.8, 4) is 0 Å². The fourth-order valence-electron chi connectivity index (χ4n) is 1.52. The number of para-hydroxylation sites is 1. The van der Waals surface area contributed by atoms with Crippen LogP contribution in [0.4, 0.5) is 11.4 Å². The molecule has 0 spiro atoms. The number of ether oxygens (including phenoxy) is 1. The lowest BCUT2D eigenvalue weighted by Crippen LogP contribution is -2.39. The molecule has 0 saturated carbocycles. The standard InChI is InChI=1S/C12H16ClN3O4/c1-8(12(17)14-6-7-20-2)15-11-9(13)4-3-5-10(11)16(18)19/h3-5,8,15H,6-7H2,1-2H3,(H,14,17). The Labute approximate surface area is 121 Å². The Balaban J connectivity index is 2.77. The second-order valence-electron chi connectivity index (χ2n) is 4.04. The minimum absolute atomic E-state index is 0.133. The molecule has 0 radical (unpaired) electrons. The van der Waals surface area contributed by atoms with E-state index in [0.29, 0.717) is 13.2 Å². The van der Waals surface area contributed by atoms with Gasteiger partial charge in [0, 0.05) is 19.7 Å². The Morgan fingerprint density at radius 1 is 1.55 bits per heavy atom. The number of carbonyl (C=O) groups excluding carboxylic acids is 1. The van der Waals surface area contributed by atoms with Crippen molar-refractivity contribution in [3.63, 3.8) is 0 Å². The molecule has 20 heavy (non-hydrogen) atoms. The number of nitrogens with one attached hydrogen (secondary N) is 2. The van der Waals surface area contributed by atoms with Gasteiger partial charge in [-0.3, -0.25) is 14.9 Å². The molecule has 1 rings (SSSR count). The highest BCUT2D eigenvalue weighted by Crippen LogP contribution is 2.32. The van der Waals surface area contributed by atoms with Crippen molar-refractivity contribution >= 4 is 28.9 Å². The van der Waals surface area contributed by atoms with E-state index in [-0.39, 0.29) is 22.3 Å². The number of anilines is 1. The third kappa shape index (κ3) is 4.36. The molecule has 0 saturated heterocycles. The van der Waals surface area contributed by atoms with E-state index in [1.54, 1.807) is 6.92 Å². The average Bonchev–Trinajstić information content (AvgIpc) is 2.40. The van der Waals surface area contributed by atoms with E-state index in [0.717, 1.165) is 0 Å². The van der Waals surface area contributed by atoms with Gasteiger partial charge in [-0.25, -0.2) is 0 Å². The molecule has 0 aromatic heterocycles. The van der Waals surface area contributed by atoms with Gasteiger partial charge in [-0.2, -0.15) is 0 Å². The minimum atomic E-state index is -0.662. The largest absolute Gasteiger partial charge is 0.383 e.